The third-order valence-electron chi connectivity index (χ3n) is 5.81. The topological polar surface area (TPSA) is 75.4 Å². The lowest BCUT2D eigenvalue weighted by atomic mass is 9.88. The van der Waals surface area contributed by atoms with Crippen molar-refractivity contribution in [2.75, 3.05) is 6.54 Å². The third-order valence-corrected chi connectivity index (χ3v) is 5.81. The van der Waals surface area contributed by atoms with Crippen molar-refractivity contribution in [3.05, 3.63) is 30.1 Å². The quantitative estimate of drug-likeness (QED) is 0.914. The van der Waals surface area contributed by atoms with Crippen LogP contribution in [0.5, 0.6) is 0 Å². The Labute approximate surface area is 152 Å². The molecule has 26 heavy (non-hydrogen) atoms. The van der Waals surface area contributed by atoms with E-state index in [1.54, 1.807) is 0 Å². The number of amides is 1. The van der Waals surface area contributed by atoms with Gasteiger partial charge in [-0.05, 0) is 37.8 Å². The van der Waals surface area contributed by atoms with Crippen LogP contribution in [0, 0.1) is 0 Å². The Hall–Kier alpha value is -2.37. The Kier molecular flexibility index (Phi) is 4.66. The Morgan fingerprint density at radius 1 is 1.08 bits per heavy atom. The molecule has 1 aromatic carbocycles. The van der Waals surface area contributed by atoms with E-state index in [9.17, 15) is 14.7 Å². The van der Waals surface area contributed by atoms with Crippen LogP contribution in [0.4, 0.5) is 0 Å². The second-order valence-corrected chi connectivity index (χ2v) is 7.46. The lowest BCUT2D eigenvalue weighted by Crippen LogP contribution is -2.42. The van der Waals surface area contributed by atoms with Gasteiger partial charge < -0.3 is 14.6 Å². The smallest absolute Gasteiger partial charge is 0.326 e. The van der Waals surface area contributed by atoms with Gasteiger partial charge in [-0.3, -0.25) is 4.79 Å². The molecule has 6 nitrogen and oxygen atoms in total. The standard InChI is InChI=1S/C20H25N3O3/c24-18(22-12-6-11-17(22)20(25)26)13-23-16-10-5-4-9-15(16)21-19(23)14-7-2-1-3-8-14/h4-5,9-10,14,17H,1-3,6-8,11-13H2,(H,25,26)/t17-/m1/s1. The number of nitrogens with zero attached hydrogens (tertiary/aromatic N) is 3. The lowest BCUT2D eigenvalue weighted by molar-refractivity contribution is -0.148. The monoisotopic (exact) mass is 355 g/mol. The molecule has 2 heterocycles. The first-order valence-electron chi connectivity index (χ1n) is 9.62. The van der Waals surface area contributed by atoms with Crippen LogP contribution in [0.2, 0.25) is 0 Å². The molecule has 2 aliphatic rings. The molecule has 1 atom stereocenters. The van der Waals surface area contributed by atoms with Crippen LogP contribution in [-0.4, -0.2) is 44.0 Å². The van der Waals surface area contributed by atoms with E-state index in [1.807, 2.05) is 28.8 Å². The van der Waals surface area contributed by atoms with Gasteiger partial charge in [-0.15, -0.1) is 0 Å². The summed E-state index contributed by atoms with van der Waals surface area (Å²) in [7, 11) is 0. The second-order valence-electron chi connectivity index (χ2n) is 7.46. The van der Waals surface area contributed by atoms with Gasteiger partial charge in [0.05, 0.1) is 11.0 Å². The minimum absolute atomic E-state index is 0.116. The van der Waals surface area contributed by atoms with E-state index in [2.05, 4.69) is 0 Å². The van der Waals surface area contributed by atoms with E-state index in [0.29, 0.717) is 18.9 Å². The van der Waals surface area contributed by atoms with Crippen molar-refractivity contribution in [3.8, 4) is 0 Å². The van der Waals surface area contributed by atoms with Gasteiger partial charge in [-0.25, -0.2) is 9.78 Å². The summed E-state index contributed by atoms with van der Waals surface area (Å²) >= 11 is 0. The van der Waals surface area contributed by atoms with Crippen molar-refractivity contribution in [2.45, 2.75) is 63.5 Å². The first-order valence-corrected chi connectivity index (χ1v) is 9.62. The molecule has 1 N–H and O–H groups in total. The predicted molar refractivity (Wildman–Crippen MR) is 97.9 cm³/mol. The Morgan fingerprint density at radius 3 is 2.62 bits per heavy atom. The molecular formula is C20H25N3O3. The molecule has 2 fully saturated rings. The van der Waals surface area contributed by atoms with Crippen LogP contribution in [0.25, 0.3) is 11.0 Å². The molecule has 6 heteroatoms. The van der Waals surface area contributed by atoms with E-state index in [-0.39, 0.29) is 12.5 Å². The number of imidazole rings is 1. The van der Waals surface area contributed by atoms with Gasteiger partial charge in [-0.2, -0.15) is 0 Å². The van der Waals surface area contributed by atoms with Crippen molar-refractivity contribution >= 4 is 22.9 Å². The minimum Gasteiger partial charge on any atom is -0.480 e. The number of aromatic nitrogens is 2. The van der Waals surface area contributed by atoms with Crippen LogP contribution in [0.15, 0.2) is 24.3 Å². The van der Waals surface area contributed by atoms with E-state index in [0.717, 1.165) is 36.1 Å². The van der Waals surface area contributed by atoms with Gasteiger partial charge >= 0.3 is 5.97 Å². The molecule has 4 rings (SSSR count). The Balaban J connectivity index is 1.66. The fourth-order valence-electron chi connectivity index (χ4n) is 4.48. The summed E-state index contributed by atoms with van der Waals surface area (Å²) < 4.78 is 2.03. The molecule has 138 valence electrons. The van der Waals surface area contributed by atoms with Gasteiger partial charge in [0.15, 0.2) is 0 Å². The van der Waals surface area contributed by atoms with E-state index < -0.39 is 12.0 Å². The van der Waals surface area contributed by atoms with Gasteiger partial charge in [0.25, 0.3) is 0 Å². The highest BCUT2D eigenvalue weighted by molar-refractivity contribution is 5.85. The van der Waals surface area contributed by atoms with Crippen LogP contribution >= 0.6 is 0 Å². The number of para-hydroxylation sites is 2. The van der Waals surface area contributed by atoms with E-state index >= 15 is 0 Å². The Morgan fingerprint density at radius 2 is 1.85 bits per heavy atom. The van der Waals surface area contributed by atoms with Gasteiger partial charge in [0.1, 0.15) is 18.4 Å². The summed E-state index contributed by atoms with van der Waals surface area (Å²) in [6, 6.07) is 7.23. The first-order chi connectivity index (χ1) is 12.6. The fraction of sp³-hybridized carbons (Fsp3) is 0.550. The number of fused-ring (bicyclic) bond motifs is 1. The van der Waals surface area contributed by atoms with Gasteiger partial charge in [-0.1, -0.05) is 31.4 Å². The zero-order chi connectivity index (χ0) is 18.1. The number of carbonyl (C=O) groups excluding carboxylic acids is 1. The number of rotatable bonds is 4. The molecule has 1 aliphatic carbocycles. The summed E-state index contributed by atoms with van der Waals surface area (Å²) in [5.41, 5.74) is 1.88. The summed E-state index contributed by atoms with van der Waals surface area (Å²) in [5, 5.41) is 9.38. The van der Waals surface area contributed by atoms with Gasteiger partial charge in [0.2, 0.25) is 5.91 Å². The number of aliphatic carboxylic acids is 1. The van der Waals surface area contributed by atoms with Crippen LogP contribution in [0.1, 0.15) is 56.7 Å². The number of hydrogen-bond acceptors (Lipinski definition) is 3. The molecule has 1 aromatic heterocycles. The van der Waals surface area contributed by atoms with Crippen LogP contribution in [-0.2, 0) is 16.1 Å². The van der Waals surface area contributed by atoms with Crippen molar-refractivity contribution in [2.24, 2.45) is 0 Å². The maximum absolute atomic E-state index is 12.9. The second kappa shape index (κ2) is 7.09. The average Bonchev–Trinajstić information content (AvgIpc) is 3.28. The highest BCUT2D eigenvalue weighted by Gasteiger charge is 2.34. The number of carboxylic acid groups (broad SMARTS) is 1. The summed E-state index contributed by atoms with van der Waals surface area (Å²) in [4.78, 5) is 30.7. The zero-order valence-corrected chi connectivity index (χ0v) is 14.9. The molecule has 0 spiro atoms. The highest BCUT2D eigenvalue weighted by atomic mass is 16.4. The summed E-state index contributed by atoms with van der Waals surface area (Å²) in [6.07, 6.45) is 7.19. The number of carboxylic acids is 1. The fourth-order valence-corrected chi connectivity index (χ4v) is 4.48. The normalized spacial score (nSPS) is 21.4. The molecular weight excluding hydrogens is 330 g/mol. The molecule has 1 saturated carbocycles. The Bertz CT molecular complexity index is 823. The van der Waals surface area contributed by atoms with Crippen molar-refractivity contribution < 1.29 is 14.7 Å². The van der Waals surface area contributed by atoms with Crippen LogP contribution < -0.4 is 0 Å². The van der Waals surface area contributed by atoms with E-state index in [4.69, 9.17) is 4.98 Å². The number of hydrogen-bond donors (Lipinski definition) is 1. The molecule has 0 radical (unpaired) electrons. The number of likely N-dealkylation sites (tertiary alicyclic amines) is 1. The third kappa shape index (κ3) is 3.08. The SMILES string of the molecule is O=C(O)[C@H]1CCCN1C(=O)Cn1c(C2CCCCC2)nc2ccccc21. The van der Waals surface area contributed by atoms with Crippen molar-refractivity contribution in [1.29, 1.82) is 0 Å². The molecule has 1 saturated heterocycles. The van der Waals surface area contributed by atoms with Crippen LogP contribution in [0.3, 0.4) is 0 Å². The van der Waals surface area contributed by atoms with Gasteiger partial charge in [0, 0.05) is 12.5 Å². The first kappa shape index (κ1) is 17.1. The molecule has 1 amide bonds. The molecule has 1 aliphatic heterocycles. The van der Waals surface area contributed by atoms with Crippen molar-refractivity contribution in [1.82, 2.24) is 14.5 Å². The predicted octanol–water partition coefficient (Wildman–Crippen LogP) is 3.16. The number of benzene rings is 1. The van der Waals surface area contributed by atoms with Crippen molar-refractivity contribution in [3.63, 3.8) is 0 Å². The molecule has 0 bridgehead atoms. The largest absolute Gasteiger partial charge is 0.480 e. The van der Waals surface area contributed by atoms with E-state index in [1.165, 1.54) is 24.2 Å². The zero-order valence-electron chi connectivity index (χ0n) is 14.9. The average molecular weight is 355 g/mol. The number of carbonyl (C=O) groups is 2. The molecule has 2 aromatic rings. The maximum atomic E-state index is 12.9. The minimum atomic E-state index is -0.904. The lowest BCUT2D eigenvalue weighted by Gasteiger charge is -2.25. The molecule has 0 unspecified atom stereocenters. The maximum Gasteiger partial charge on any atom is 0.326 e. The summed E-state index contributed by atoms with van der Waals surface area (Å²) in [5.74, 6) is 0.358. The highest BCUT2D eigenvalue weighted by Crippen LogP contribution is 2.34. The summed E-state index contributed by atoms with van der Waals surface area (Å²) in [6.45, 7) is 0.706.